The Labute approximate surface area is 165 Å². The number of piperidine rings is 1. The zero-order valence-corrected chi connectivity index (χ0v) is 17.4. The molecule has 0 unspecified atom stereocenters. The van der Waals surface area contributed by atoms with Crippen molar-refractivity contribution in [1.82, 2.24) is 15.5 Å². The molecule has 5 nitrogen and oxygen atoms in total. The molecule has 0 spiro atoms. The monoisotopic (exact) mass is 374 g/mol. The van der Waals surface area contributed by atoms with Crippen molar-refractivity contribution in [2.24, 2.45) is 10.9 Å². The average Bonchev–Trinajstić information content (AvgIpc) is 2.67. The smallest absolute Gasteiger partial charge is 0.191 e. The highest BCUT2D eigenvalue weighted by atomic mass is 16.5. The first-order valence-corrected chi connectivity index (χ1v) is 10.6. The molecule has 1 saturated heterocycles. The van der Waals surface area contributed by atoms with E-state index in [-0.39, 0.29) is 0 Å². The Hall–Kier alpha value is -1.59. The second-order valence-electron chi connectivity index (χ2n) is 7.74. The van der Waals surface area contributed by atoms with Crippen LogP contribution in [0.25, 0.3) is 0 Å². The summed E-state index contributed by atoms with van der Waals surface area (Å²) in [5.74, 6) is 1.62. The van der Waals surface area contributed by atoms with E-state index >= 15 is 0 Å². The summed E-state index contributed by atoms with van der Waals surface area (Å²) in [7, 11) is 0. The highest BCUT2D eigenvalue weighted by Crippen LogP contribution is 2.13. The number of rotatable bonds is 10. The molecule has 1 aromatic rings. The first-order valence-electron chi connectivity index (χ1n) is 10.6. The molecule has 0 atom stereocenters. The van der Waals surface area contributed by atoms with Gasteiger partial charge < -0.3 is 15.4 Å². The van der Waals surface area contributed by atoms with Gasteiger partial charge in [-0.2, -0.15) is 0 Å². The zero-order chi connectivity index (χ0) is 19.3. The molecule has 1 aromatic carbocycles. The second kappa shape index (κ2) is 12.7. The summed E-state index contributed by atoms with van der Waals surface area (Å²) in [6, 6.07) is 11.2. The largest absolute Gasteiger partial charge is 0.380 e. The fourth-order valence-electron chi connectivity index (χ4n) is 3.23. The van der Waals surface area contributed by atoms with Gasteiger partial charge in [0.25, 0.3) is 0 Å². The third kappa shape index (κ3) is 9.25. The van der Waals surface area contributed by atoms with Crippen molar-refractivity contribution in [2.75, 3.05) is 39.4 Å². The summed E-state index contributed by atoms with van der Waals surface area (Å²) in [5.41, 5.74) is 1.40. The highest BCUT2D eigenvalue weighted by Gasteiger charge is 2.19. The Bertz CT molecular complexity index is 524. The number of guanidine groups is 1. The minimum atomic E-state index is 0.497. The molecule has 0 saturated carbocycles. The van der Waals surface area contributed by atoms with E-state index in [0.29, 0.717) is 25.1 Å². The topological polar surface area (TPSA) is 48.9 Å². The first-order chi connectivity index (χ1) is 13.2. The predicted octanol–water partition coefficient (Wildman–Crippen LogP) is 3.27. The molecule has 0 amide bonds. The van der Waals surface area contributed by atoms with Gasteiger partial charge in [0, 0.05) is 38.8 Å². The van der Waals surface area contributed by atoms with Gasteiger partial charge in [-0.3, -0.25) is 9.89 Å². The van der Waals surface area contributed by atoms with Crippen molar-refractivity contribution in [3.05, 3.63) is 35.9 Å². The van der Waals surface area contributed by atoms with Gasteiger partial charge in [-0.05, 0) is 37.7 Å². The molecule has 2 rings (SSSR count). The molecule has 1 heterocycles. The Morgan fingerprint density at radius 3 is 2.59 bits per heavy atom. The molecule has 1 aliphatic rings. The molecular formula is C22H38N4O. The lowest BCUT2D eigenvalue weighted by molar-refractivity contribution is 0.130. The summed E-state index contributed by atoms with van der Waals surface area (Å²) in [4.78, 5) is 7.21. The van der Waals surface area contributed by atoms with E-state index in [1.165, 1.54) is 5.56 Å². The van der Waals surface area contributed by atoms with E-state index in [9.17, 15) is 0 Å². The minimum absolute atomic E-state index is 0.497. The Kier molecular flexibility index (Phi) is 10.2. The number of aliphatic imine (C=N–C) groups is 1. The molecular weight excluding hydrogens is 336 g/mol. The lowest BCUT2D eigenvalue weighted by Crippen LogP contribution is -2.48. The fraction of sp³-hybridized carbons (Fsp3) is 0.682. The van der Waals surface area contributed by atoms with Crippen molar-refractivity contribution in [1.29, 1.82) is 0 Å². The van der Waals surface area contributed by atoms with Crippen molar-refractivity contribution >= 4 is 5.96 Å². The summed E-state index contributed by atoms with van der Waals surface area (Å²) >= 11 is 0. The van der Waals surface area contributed by atoms with Gasteiger partial charge in [0.15, 0.2) is 5.96 Å². The number of ether oxygens (including phenoxy) is 1. The number of benzene rings is 1. The summed E-state index contributed by atoms with van der Waals surface area (Å²) < 4.78 is 5.66. The van der Waals surface area contributed by atoms with Crippen LogP contribution in [-0.2, 0) is 11.3 Å². The van der Waals surface area contributed by atoms with Crippen LogP contribution in [0.1, 0.15) is 45.6 Å². The standard InChI is InChI=1S/C22H38N4O/c1-4-23-22(24-13-17-27-16-12-19(2)3)25-21-10-14-26(15-11-21)18-20-8-6-5-7-9-20/h5-9,19,21H,4,10-18H2,1-3H3,(H2,23,24,25). The van der Waals surface area contributed by atoms with Gasteiger partial charge in [-0.15, -0.1) is 0 Å². The number of hydrogen-bond donors (Lipinski definition) is 2. The summed E-state index contributed by atoms with van der Waals surface area (Å²) in [5, 5.41) is 6.97. The number of likely N-dealkylation sites (tertiary alicyclic amines) is 1. The highest BCUT2D eigenvalue weighted by molar-refractivity contribution is 5.80. The lowest BCUT2D eigenvalue weighted by Gasteiger charge is -2.33. The zero-order valence-electron chi connectivity index (χ0n) is 17.4. The fourth-order valence-corrected chi connectivity index (χ4v) is 3.23. The maximum absolute atomic E-state index is 5.66. The van der Waals surface area contributed by atoms with E-state index < -0.39 is 0 Å². The maximum Gasteiger partial charge on any atom is 0.191 e. The Morgan fingerprint density at radius 1 is 1.19 bits per heavy atom. The van der Waals surface area contributed by atoms with Crippen molar-refractivity contribution in [3.8, 4) is 0 Å². The molecule has 0 aromatic heterocycles. The molecule has 0 bridgehead atoms. The summed E-state index contributed by atoms with van der Waals surface area (Å²) in [6.07, 6.45) is 3.42. The molecule has 0 aliphatic carbocycles. The normalized spacial score (nSPS) is 16.7. The Balaban J connectivity index is 1.67. The molecule has 5 heteroatoms. The van der Waals surface area contributed by atoms with Gasteiger partial charge in [0.05, 0.1) is 13.2 Å². The summed E-state index contributed by atoms with van der Waals surface area (Å²) in [6.45, 7) is 13.0. The van der Waals surface area contributed by atoms with Gasteiger partial charge in [0.1, 0.15) is 0 Å². The van der Waals surface area contributed by atoms with E-state index in [4.69, 9.17) is 4.74 Å². The van der Waals surface area contributed by atoms with Crippen LogP contribution in [0.2, 0.25) is 0 Å². The van der Waals surface area contributed by atoms with Gasteiger partial charge in [0.2, 0.25) is 0 Å². The van der Waals surface area contributed by atoms with Gasteiger partial charge in [-0.1, -0.05) is 44.2 Å². The van der Waals surface area contributed by atoms with E-state index in [2.05, 4.69) is 71.6 Å². The molecule has 1 fully saturated rings. The lowest BCUT2D eigenvalue weighted by atomic mass is 10.0. The molecule has 152 valence electrons. The third-order valence-electron chi connectivity index (χ3n) is 4.87. The van der Waals surface area contributed by atoms with Gasteiger partial charge in [-0.25, -0.2) is 0 Å². The van der Waals surface area contributed by atoms with Crippen molar-refractivity contribution in [2.45, 2.75) is 52.6 Å². The van der Waals surface area contributed by atoms with Crippen LogP contribution < -0.4 is 10.6 Å². The van der Waals surface area contributed by atoms with Crippen molar-refractivity contribution < 1.29 is 4.74 Å². The van der Waals surface area contributed by atoms with Crippen LogP contribution >= 0.6 is 0 Å². The van der Waals surface area contributed by atoms with Crippen LogP contribution in [0.15, 0.2) is 35.3 Å². The van der Waals surface area contributed by atoms with Crippen LogP contribution in [-0.4, -0.2) is 56.3 Å². The number of nitrogens with one attached hydrogen (secondary N) is 2. The van der Waals surface area contributed by atoms with Crippen LogP contribution in [0, 0.1) is 5.92 Å². The molecule has 2 N–H and O–H groups in total. The SMILES string of the molecule is CCNC(=NCCOCCC(C)C)NC1CCN(Cc2ccccc2)CC1. The van der Waals surface area contributed by atoms with Gasteiger partial charge >= 0.3 is 0 Å². The number of hydrogen-bond acceptors (Lipinski definition) is 3. The minimum Gasteiger partial charge on any atom is -0.380 e. The molecule has 27 heavy (non-hydrogen) atoms. The van der Waals surface area contributed by atoms with E-state index in [1.807, 2.05) is 0 Å². The van der Waals surface area contributed by atoms with E-state index in [0.717, 1.165) is 58.0 Å². The van der Waals surface area contributed by atoms with E-state index in [1.54, 1.807) is 0 Å². The Morgan fingerprint density at radius 2 is 1.93 bits per heavy atom. The quantitative estimate of drug-likeness (QED) is 0.375. The second-order valence-corrected chi connectivity index (χ2v) is 7.74. The van der Waals surface area contributed by atoms with Crippen LogP contribution in [0.3, 0.4) is 0 Å². The third-order valence-corrected chi connectivity index (χ3v) is 4.87. The van der Waals surface area contributed by atoms with Crippen molar-refractivity contribution in [3.63, 3.8) is 0 Å². The molecule has 1 aliphatic heterocycles. The van der Waals surface area contributed by atoms with Crippen LogP contribution in [0.4, 0.5) is 0 Å². The average molecular weight is 375 g/mol. The molecule has 0 radical (unpaired) electrons. The van der Waals surface area contributed by atoms with Crippen LogP contribution in [0.5, 0.6) is 0 Å². The first kappa shape index (κ1) is 21.7. The maximum atomic E-state index is 5.66. The predicted molar refractivity (Wildman–Crippen MR) is 114 cm³/mol. The number of nitrogens with zero attached hydrogens (tertiary/aromatic N) is 2.